The minimum absolute atomic E-state index is 0.0682. The van der Waals surface area contributed by atoms with Crippen LogP contribution in [0.15, 0.2) is 83.0 Å². The monoisotopic (exact) mass is 412 g/mol. The first kappa shape index (κ1) is 18.7. The molecule has 5 heteroatoms. The molecular weight excluding hydrogens is 390 g/mol. The van der Waals surface area contributed by atoms with Crippen molar-refractivity contribution in [2.45, 2.75) is 19.5 Å². The van der Waals surface area contributed by atoms with Crippen LogP contribution in [0, 0.1) is 0 Å². The predicted octanol–water partition coefficient (Wildman–Crippen LogP) is 4.63. The van der Waals surface area contributed by atoms with Crippen molar-refractivity contribution in [2.75, 3.05) is 0 Å². The van der Waals surface area contributed by atoms with Crippen LogP contribution in [0.5, 0.6) is 0 Å². The summed E-state index contributed by atoms with van der Waals surface area (Å²) < 4.78 is 0. The average molecular weight is 413 g/mol. The maximum atomic E-state index is 12.8. The Labute approximate surface area is 178 Å². The zero-order chi connectivity index (χ0) is 20.5. The van der Waals surface area contributed by atoms with E-state index in [2.05, 4.69) is 59.7 Å². The average Bonchev–Trinajstić information content (AvgIpc) is 3.22. The van der Waals surface area contributed by atoms with Gasteiger partial charge in [0, 0.05) is 16.5 Å². The smallest absolute Gasteiger partial charge is 0.260 e. The summed E-state index contributed by atoms with van der Waals surface area (Å²) in [6.45, 7) is 2.81. The molecule has 0 spiro atoms. The first-order valence-corrected chi connectivity index (χ1v) is 11.0. The van der Waals surface area contributed by atoms with Crippen molar-refractivity contribution in [1.29, 1.82) is 0 Å². The van der Waals surface area contributed by atoms with Gasteiger partial charge in [0.2, 0.25) is 0 Å². The lowest BCUT2D eigenvalue weighted by atomic mass is 10.00. The van der Waals surface area contributed by atoms with E-state index in [1.165, 1.54) is 27.7 Å². The van der Waals surface area contributed by atoms with E-state index in [0.717, 1.165) is 16.0 Å². The number of rotatable bonds is 5. The molecule has 0 radical (unpaired) electrons. The van der Waals surface area contributed by atoms with Gasteiger partial charge < -0.3 is 10.3 Å². The second kappa shape index (κ2) is 7.86. The molecule has 3 aromatic carbocycles. The summed E-state index contributed by atoms with van der Waals surface area (Å²) in [5, 5.41) is 7.44. The van der Waals surface area contributed by atoms with Gasteiger partial charge in [0.25, 0.3) is 5.56 Å². The Morgan fingerprint density at radius 3 is 2.63 bits per heavy atom. The van der Waals surface area contributed by atoms with E-state index in [-0.39, 0.29) is 11.6 Å². The third-order valence-corrected chi connectivity index (χ3v) is 6.43. The zero-order valence-electron chi connectivity index (χ0n) is 16.6. The number of benzene rings is 3. The molecule has 148 valence electrons. The summed E-state index contributed by atoms with van der Waals surface area (Å²) in [6, 6.07) is 25.1. The molecule has 0 amide bonds. The minimum Gasteiger partial charge on any atom is -0.334 e. The molecule has 1 atom stereocenters. The van der Waals surface area contributed by atoms with Crippen molar-refractivity contribution in [3.05, 3.63) is 99.9 Å². The van der Waals surface area contributed by atoms with E-state index in [1.807, 2.05) is 35.7 Å². The molecule has 0 unspecified atom stereocenters. The molecule has 5 rings (SSSR count). The van der Waals surface area contributed by atoms with Crippen molar-refractivity contribution >= 4 is 32.3 Å². The Balaban J connectivity index is 1.42. The highest BCUT2D eigenvalue weighted by Gasteiger charge is 2.16. The SMILES string of the molecule is C[C@@H]([NH2+]Cc1nc2scc(-c3ccccc3)c2c(=O)[nH]1)c1cccc2ccccc12. The number of hydrogen-bond acceptors (Lipinski definition) is 3. The number of nitrogens with one attached hydrogen (secondary N) is 1. The number of quaternary nitrogens is 1. The van der Waals surface area contributed by atoms with Gasteiger partial charge in [0.1, 0.15) is 17.4 Å². The van der Waals surface area contributed by atoms with Gasteiger partial charge in [-0.05, 0) is 23.3 Å². The maximum absolute atomic E-state index is 12.8. The van der Waals surface area contributed by atoms with Crippen LogP contribution < -0.4 is 10.9 Å². The van der Waals surface area contributed by atoms with Gasteiger partial charge in [0.15, 0.2) is 5.82 Å². The molecule has 0 saturated carbocycles. The van der Waals surface area contributed by atoms with E-state index in [0.29, 0.717) is 17.8 Å². The second-order valence-electron chi connectivity index (χ2n) is 7.51. The molecule has 0 saturated heterocycles. The van der Waals surface area contributed by atoms with Gasteiger partial charge in [-0.2, -0.15) is 0 Å². The molecular formula is C25H22N3OS+. The van der Waals surface area contributed by atoms with E-state index in [9.17, 15) is 4.79 Å². The van der Waals surface area contributed by atoms with Crippen molar-refractivity contribution in [3.63, 3.8) is 0 Å². The molecule has 0 aliphatic rings. The summed E-state index contributed by atoms with van der Waals surface area (Å²) in [7, 11) is 0. The third kappa shape index (κ3) is 3.43. The van der Waals surface area contributed by atoms with E-state index in [1.54, 1.807) is 0 Å². The van der Waals surface area contributed by atoms with Crippen LogP contribution in [0.4, 0.5) is 0 Å². The molecule has 0 fully saturated rings. The molecule has 3 N–H and O–H groups in total. The van der Waals surface area contributed by atoms with Gasteiger partial charge in [-0.1, -0.05) is 72.8 Å². The van der Waals surface area contributed by atoms with Gasteiger partial charge in [-0.25, -0.2) is 4.98 Å². The van der Waals surface area contributed by atoms with E-state index >= 15 is 0 Å². The highest BCUT2D eigenvalue weighted by molar-refractivity contribution is 7.17. The minimum atomic E-state index is -0.0682. The number of nitrogens with two attached hydrogens (primary N) is 1. The largest absolute Gasteiger partial charge is 0.334 e. The quantitative estimate of drug-likeness (QED) is 0.442. The van der Waals surface area contributed by atoms with Crippen molar-refractivity contribution < 1.29 is 5.32 Å². The lowest BCUT2D eigenvalue weighted by Gasteiger charge is -2.13. The lowest BCUT2D eigenvalue weighted by Crippen LogP contribution is -2.83. The van der Waals surface area contributed by atoms with Crippen LogP contribution in [-0.4, -0.2) is 9.97 Å². The normalized spacial score (nSPS) is 12.4. The number of H-pyrrole nitrogens is 1. The fourth-order valence-electron chi connectivity index (χ4n) is 3.98. The standard InChI is InChI=1S/C25H21N3OS/c1-16(19-13-7-11-17-10-5-6-12-20(17)19)26-14-22-27-24(29)23-21(15-30-25(23)28-22)18-8-3-2-4-9-18/h2-13,15-16,26H,14H2,1H3,(H,27,28,29)/p+1/t16-/m1/s1. The van der Waals surface area contributed by atoms with Crippen molar-refractivity contribution in [1.82, 2.24) is 9.97 Å². The van der Waals surface area contributed by atoms with Crippen LogP contribution in [0.1, 0.15) is 24.4 Å². The number of nitrogens with zero attached hydrogens (tertiary/aromatic N) is 1. The van der Waals surface area contributed by atoms with Crippen LogP contribution >= 0.6 is 11.3 Å². The molecule has 0 bridgehead atoms. The van der Waals surface area contributed by atoms with Crippen molar-refractivity contribution in [2.24, 2.45) is 0 Å². The van der Waals surface area contributed by atoms with E-state index < -0.39 is 0 Å². The number of aromatic amines is 1. The van der Waals surface area contributed by atoms with E-state index in [4.69, 9.17) is 4.98 Å². The summed E-state index contributed by atoms with van der Waals surface area (Å²) in [4.78, 5) is 21.4. The highest BCUT2D eigenvalue weighted by Crippen LogP contribution is 2.30. The summed E-state index contributed by atoms with van der Waals surface area (Å²) in [6.07, 6.45) is 0. The number of thiophene rings is 1. The van der Waals surface area contributed by atoms with Gasteiger partial charge in [0.05, 0.1) is 5.39 Å². The number of hydrogen-bond donors (Lipinski definition) is 2. The Bertz CT molecular complexity index is 1380. The van der Waals surface area contributed by atoms with Gasteiger partial charge >= 0.3 is 0 Å². The predicted molar refractivity (Wildman–Crippen MR) is 124 cm³/mol. The van der Waals surface area contributed by atoms with Crippen LogP contribution in [-0.2, 0) is 6.54 Å². The number of aromatic nitrogens is 2. The van der Waals surface area contributed by atoms with Crippen molar-refractivity contribution in [3.8, 4) is 11.1 Å². The molecule has 30 heavy (non-hydrogen) atoms. The molecule has 5 aromatic rings. The maximum Gasteiger partial charge on any atom is 0.260 e. The Kier molecular flexibility index (Phi) is 4.91. The lowest BCUT2D eigenvalue weighted by molar-refractivity contribution is -0.708. The fourth-order valence-corrected chi connectivity index (χ4v) is 4.95. The van der Waals surface area contributed by atoms with Crippen LogP contribution in [0.25, 0.3) is 32.1 Å². The topological polar surface area (TPSA) is 62.4 Å². The van der Waals surface area contributed by atoms with Gasteiger partial charge in [-0.3, -0.25) is 4.79 Å². The highest BCUT2D eigenvalue weighted by atomic mass is 32.1. The fraction of sp³-hybridized carbons (Fsp3) is 0.120. The molecule has 0 aliphatic carbocycles. The molecule has 2 aromatic heterocycles. The third-order valence-electron chi connectivity index (χ3n) is 5.56. The second-order valence-corrected chi connectivity index (χ2v) is 8.36. The Morgan fingerprint density at radius 1 is 1.00 bits per heavy atom. The Hall–Kier alpha value is -3.28. The summed E-state index contributed by atoms with van der Waals surface area (Å²) in [5.41, 5.74) is 3.21. The first-order valence-electron chi connectivity index (χ1n) is 10.1. The van der Waals surface area contributed by atoms with Crippen LogP contribution in [0.3, 0.4) is 0 Å². The number of fused-ring (bicyclic) bond motifs is 2. The molecule has 4 nitrogen and oxygen atoms in total. The summed E-state index contributed by atoms with van der Waals surface area (Å²) in [5.74, 6) is 0.709. The molecule has 2 heterocycles. The first-order chi connectivity index (χ1) is 14.7. The Morgan fingerprint density at radius 2 is 1.77 bits per heavy atom. The molecule has 0 aliphatic heterocycles. The van der Waals surface area contributed by atoms with Crippen LogP contribution in [0.2, 0.25) is 0 Å². The zero-order valence-corrected chi connectivity index (χ0v) is 17.4. The van der Waals surface area contributed by atoms with Gasteiger partial charge in [-0.15, -0.1) is 11.3 Å². The summed E-state index contributed by atoms with van der Waals surface area (Å²) >= 11 is 1.52.